The minimum absolute atomic E-state index is 0.0261. The third kappa shape index (κ3) is 6.63. The molecule has 8 nitrogen and oxygen atoms in total. The van der Waals surface area contributed by atoms with Crippen molar-refractivity contribution < 1.29 is 14.3 Å². The molecule has 1 N–H and O–H groups in total. The molecule has 2 aromatic heterocycles. The standard InChI is InChI=1S/C16H18N2O2.C13H19N3O/c1-12-10-15(14-7-5-13(11-19)6-8-14)18(17-12)16-4-2-3-9-20-16;1-10(11-6-4-3-5-7-11)15-12-8-14-16(2)13(12)9-17/h5-8,10-11,16H,2-4,9H2,1H3;8-9,11,15H,1,3-7H2,2H3. The Balaban J connectivity index is 0.000000176. The molecule has 1 aliphatic carbocycles. The first-order chi connectivity index (χ1) is 18.0. The summed E-state index contributed by atoms with van der Waals surface area (Å²) in [5, 5.41) is 11.9. The van der Waals surface area contributed by atoms with Gasteiger partial charge in [0.2, 0.25) is 0 Å². The fourth-order valence-electron chi connectivity index (χ4n) is 5.01. The van der Waals surface area contributed by atoms with E-state index in [-0.39, 0.29) is 6.23 Å². The largest absolute Gasteiger partial charge is 0.356 e. The van der Waals surface area contributed by atoms with Gasteiger partial charge in [-0.05, 0) is 56.6 Å². The van der Waals surface area contributed by atoms with Gasteiger partial charge in [0.25, 0.3) is 0 Å². The number of nitrogens with one attached hydrogen (secondary N) is 1. The molecule has 196 valence electrons. The third-order valence-corrected chi connectivity index (χ3v) is 7.12. The van der Waals surface area contributed by atoms with Crippen LogP contribution in [0.3, 0.4) is 0 Å². The predicted octanol–water partition coefficient (Wildman–Crippen LogP) is 6.11. The third-order valence-electron chi connectivity index (χ3n) is 7.12. The molecule has 1 unspecified atom stereocenters. The highest BCUT2D eigenvalue weighted by Gasteiger charge is 2.21. The van der Waals surface area contributed by atoms with E-state index in [2.05, 4.69) is 28.2 Å². The lowest BCUT2D eigenvalue weighted by Crippen LogP contribution is -2.20. The molecule has 0 spiro atoms. The van der Waals surface area contributed by atoms with Crippen LogP contribution < -0.4 is 5.32 Å². The van der Waals surface area contributed by atoms with E-state index in [4.69, 9.17) is 4.74 Å². The molecule has 37 heavy (non-hydrogen) atoms. The molecule has 8 heteroatoms. The summed E-state index contributed by atoms with van der Waals surface area (Å²) in [5.74, 6) is 0.531. The Morgan fingerprint density at radius 1 is 1.05 bits per heavy atom. The molecule has 0 amide bonds. The van der Waals surface area contributed by atoms with Crippen LogP contribution in [0.2, 0.25) is 0 Å². The smallest absolute Gasteiger partial charge is 0.170 e. The van der Waals surface area contributed by atoms with Crippen molar-refractivity contribution in [2.45, 2.75) is 64.5 Å². The van der Waals surface area contributed by atoms with Crippen molar-refractivity contribution in [2.24, 2.45) is 13.0 Å². The van der Waals surface area contributed by atoms with Crippen molar-refractivity contribution in [2.75, 3.05) is 11.9 Å². The van der Waals surface area contributed by atoms with E-state index in [1.807, 2.05) is 35.9 Å². The number of aryl methyl sites for hydroxylation is 2. The number of carbonyl (C=O) groups is 2. The zero-order valence-electron chi connectivity index (χ0n) is 21.9. The summed E-state index contributed by atoms with van der Waals surface area (Å²) >= 11 is 0. The Kier molecular flexibility index (Phi) is 9.06. The highest BCUT2D eigenvalue weighted by molar-refractivity contribution is 5.82. The number of nitrogens with zero attached hydrogens (tertiary/aromatic N) is 4. The first-order valence-corrected chi connectivity index (χ1v) is 13.2. The topological polar surface area (TPSA) is 91.0 Å². The molecule has 1 aromatic carbocycles. The SMILES string of the molecule is C=C(Nc1cnn(C)c1C=O)C1CCCCC1.Cc1cc(-c2ccc(C=O)cc2)n(C2CCCCO2)n1. The Hall–Kier alpha value is -3.52. The van der Waals surface area contributed by atoms with E-state index < -0.39 is 0 Å². The molecule has 1 aliphatic heterocycles. The van der Waals surface area contributed by atoms with E-state index in [9.17, 15) is 9.59 Å². The van der Waals surface area contributed by atoms with E-state index in [1.54, 1.807) is 17.9 Å². The van der Waals surface area contributed by atoms with Gasteiger partial charge in [-0.3, -0.25) is 14.3 Å². The molecular formula is C29H37N5O3. The highest BCUT2D eigenvalue weighted by Crippen LogP contribution is 2.31. The van der Waals surface area contributed by atoms with E-state index in [0.717, 1.165) is 60.4 Å². The molecule has 2 fully saturated rings. The number of hydrogen-bond acceptors (Lipinski definition) is 6. The fourth-order valence-corrected chi connectivity index (χ4v) is 5.01. The second-order valence-electron chi connectivity index (χ2n) is 9.85. The van der Waals surface area contributed by atoms with Crippen LogP contribution in [0, 0.1) is 12.8 Å². The second-order valence-corrected chi connectivity index (χ2v) is 9.85. The summed E-state index contributed by atoms with van der Waals surface area (Å²) in [4.78, 5) is 21.7. The molecule has 1 saturated carbocycles. The number of rotatable bonds is 7. The Morgan fingerprint density at radius 3 is 2.43 bits per heavy atom. The first kappa shape index (κ1) is 26.5. The lowest BCUT2D eigenvalue weighted by Gasteiger charge is -2.24. The van der Waals surface area contributed by atoms with Crippen molar-refractivity contribution in [1.82, 2.24) is 19.6 Å². The number of aromatic nitrogens is 4. The summed E-state index contributed by atoms with van der Waals surface area (Å²) < 4.78 is 9.38. The molecule has 3 heterocycles. The molecule has 0 bridgehead atoms. The predicted molar refractivity (Wildman–Crippen MR) is 145 cm³/mol. The monoisotopic (exact) mass is 503 g/mol. The fraction of sp³-hybridized carbons (Fsp3) is 0.448. The lowest BCUT2D eigenvalue weighted by atomic mass is 9.87. The normalized spacial score (nSPS) is 17.9. The number of benzene rings is 1. The number of anilines is 1. The van der Waals surface area contributed by atoms with Gasteiger partial charge in [-0.1, -0.05) is 50.1 Å². The van der Waals surface area contributed by atoms with Gasteiger partial charge in [0, 0.05) is 24.9 Å². The van der Waals surface area contributed by atoms with Gasteiger partial charge in [0.1, 0.15) is 12.0 Å². The molecular weight excluding hydrogens is 466 g/mol. The molecule has 2 aliphatic rings. The summed E-state index contributed by atoms with van der Waals surface area (Å²) in [6, 6.07) is 9.64. The number of hydrogen-bond donors (Lipinski definition) is 1. The van der Waals surface area contributed by atoms with Crippen molar-refractivity contribution in [1.29, 1.82) is 0 Å². The van der Waals surface area contributed by atoms with Crippen LogP contribution in [0.4, 0.5) is 5.69 Å². The van der Waals surface area contributed by atoms with Crippen LogP contribution in [0.1, 0.15) is 84.1 Å². The molecule has 0 radical (unpaired) electrons. The van der Waals surface area contributed by atoms with Gasteiger partial charge >= 0.3 is 0 Å². The van der Waals surface area contributed by atoms with Gasteiger partial charge in [-0.15, -0.1) is 0 Å². The summed E-state index contributed by atoms with van der Waals surface area (Å²) in [5.41, 5.74) is 6.12. The quantitative estimate of drug-likeness (QED) is 0.391. The van der Waals surface area contributed by atoms with Crippen molar-refractivity contribution in [3.8, 4) is 11.3 Å². The van der Waals surface area contributed by atoms with Crippen LogP contribution >= 0.6 is 0 Å². The number of allylic oxidation sites excluding steroid dienone is 1. The molecule has 1 atom stereocenters. The zero-order chi connectivity index (χ0) is 26.2. The Morgan fingerprint density at radius 2 is 1.78 bits per heavy atom. The molecule has 5 rings (SSSR count). The lowest BCUT2D eigenvalue weighted by molar-refractivity contribution is -0.0385. The van der Waals surface area contributed by atoms with Crippen molar-refractivity contribution >= 4 is 18.3 Å². The minimum atomic E-state index is 0.0261. The Bertz CT molecular complexity index is 1200. The van der Waals surface area contributed by atoms with Gasteiger partial charge in [-0.25, -0.2) is 4.68 Å². The second kappa shape index (κ2) is 12.6. The van der Waals surface area contributed by atoms with Gasteiger partial charge < -0.3 is 10.1 Å². The Labute approximate surface area is 218 Å². The van der Waals surface area contributed by atoms with Crippen molar-refractivity contribution in [3.05, 3.63) is 65.8 Å². The van der Waals surface area contributed by atoms with Gasteiger partial charge in [-0.2, -0.15) is 10.2 Å². The van der Waals surface area contributed by atoms with E-state index in [0.29, 0.717) is 17.2 Å². The van der Waals surface area contributed by atoms with Crippen LogP contribution in [0.15, 0.2) is 48.8 Å². The van der Waals surface area contributed by atoms with E-state index in [1.165, 1.54) is 38.5 Å². The van der Waals surface area contributed by atoms with Crippen LogP contribution in [0.5, 0.6) is 0 Å². The van der Waals surface area contributed by atoms with Gasteiger partial charge in [0.15, 0.2) is 12.5 Å². The number of aldehydes is 2. The maximum atomic E-state index is 10.9. The summed E-state index contributed by atoms with van der Waals surface area (Å²) in [6.07, 6.45) is 13.0. The van der Waals surface area contributed by atoms with Gasteiger partial charge in [0.05, 0.1) is 23.3 Å². The van der Waals surface area contributed by atoms with Crippen LogP contribution in [0.25, 0.3) is 11.3 Å². The summed E-state index contributed by atoms with van der Waals surface area (Å²) in [6.45, 7) is 6.88. The van der Waals surface area contributed by atoms with E-state index >= 15 is 0 Å². The van der Waals surface area contributed by atoms with Crippen LogP contribution in [-0.2, 0) is 11.8 Å². The molecule has 1 saturated heterocycles. The number of ether oxygens (including phenoxy) is 1. The average molecular weight is 504 g/mol. The number of carbonyl (C=O) groups excluding carboxylic acids is 2. The maximum Gasteiger partial charge on any atom is 0.170 e. The summed E-state index contributed by atoms with van der Waals surface area (Å²) in [7, 11) is 1.76. The highest BCUT2D eigenvalue weighted by atomic mass is 16.5. The van der Waals surface area contributed by atoms with Crippen LogP contribution in [-0.4, -0.2) is 38.7 Å². The molecule has 3 aromatic rings. The zero-order valence-corrected chi connectivity index (χ0v) is 21.9. The average Bonchev–Trinajstić information content (AvgIpc) is 3.51. The van der Waals surface area contributed by atoms with Crippen molar-refractivity contribution in [3.63, 3.8) is 0 Å². The first-order valence-electron chi connectivity index (χ1n) is 13.2. The maximum absolute atomic E-state index is 10.9. The minimum Gasteiger partial charge on any atom is -0.356 e.